The summed E-state index contributed by atoms with van der Waals surface area (Å²) in [5.74, 6) is -4.96. The molecule has 0 fully saturated rings. The molecule has 2 N–H and O–H groups in total. The van der Waals surface area contributed by atoms with Crippen LogP contribution in [0.3, 0.4) is 0 Å². The minimum Gasteiger partial charge on any atom is -0.330 e. The summed E-state index contributed by atoms with van der Waals surface area (Å²) in [5.41, 5.74) is 0.430. The first-order valence-corrected chi connectivity index (χ1v) is 9.40. The number of aromatic nitrogens is 2. The van der Waals surface area contributed by atoms with Gasteiger partial charge in [-0.1, -0.05) is 41.3 Å². The summed E-state index contributed by atoms with van der Waals surface area (Å²) in [7, 11) is 0. The number of para-hydroxylation sites is 1. The molecular formula is C17H13F3N4OS2. The number of amides is 1. The van der Waals surface area contributed by atoms with Crippen LogP contribution in [0.5, 0.6) is 0 Å². The smallest absolute Gasteiger partial charge is 0.237 e. The third-order valence-electron chi connectivity index (χ3n) is 3.37. The molecule has 3 rings (SSSR count). The Morgan fingerprint density at radius 3 is 2.56 bits per heavy atom. The third-order valence-corrected chi connectivity index (χ3v) is 5.39. The molecule has 3 aromatic rings. The molecule has 0 bridgehead atoms. The molecule has 1 atom stereocenters. The van der Waals surface area contributed by atoms with Crippen LogP contribution in [0.2, 0.25) is 0 Å². The summed E-state index contributed by atoms with van der Waals surface area (Å²) < 4.78 is 40.4. The minimum absolute atomic E-state index is 0.421. The van der Waals surface area contributed by atoms with Gasteiger partial charge in [0.15, 0.2) is 21.8 Å². The van der Waals surface area contributed by atoms with Crippen molar-refractivity contribution < 1.29 is 18.0 Å². The van der Waals surface area contributed by atoms with E-state index < -0.39 is 34.3 Å². The first-order chi connectivity index (χ1) is 12.9. The summed E-state index contributed by atoms with van der Waals surface area (Å²) in [5, 5.41) is 13.2. The van der Waals surface area contributed by atoms with E-state index >= 15 is 0 Å². The second-order valence-corrected chi connectivity index (χ2v) is 7.90. The molecule has 0 aliphatic heterocycles. The van der Waals surface area contributed by atoms with Gasteiger partial charge >= 0.3 is 0 Å². The number of anilines is 3. The Labute approximate surface area is 161 Å². The van der Waals surface area contributed by atoms with Gasteiger partial charge in [-0.05, 0) is 31.2 Å². The number of benzene rings is 2. The van der Waals surface area contributed by atoms with Crippen LogP contribution in [-0.4, -0.2) is 21.4 Å². The average Bonchev–Trinajstić information content (AvgIpc) is 3.09. The fraction of sp³-hybridized carbons (Fsp3) is 0.118. The number of carbonyl (C=O) groups is 1. The first-order valence-electron chi connectivity index (χ1n) is 7.70. The van der Waals surface area contributed by atoms with Gasteiger partial charge in [-0.2, -0.15) is 0 Å². The third kappa shape index (κ3) is 4.77. The molecule has 0 aliphatic rings. The van der Waals surface area contributed by atoms with Crippen molar-refractivity contribution in [1.82, 2.24) is 10.2 Å². The molecule has 27 heavy (non-hydrogen) atoms. The molecule has 1 heterocycles. The molecule has 5 nitrogen and oxygen atoms in total. The fourth-order valence-corrected chi connectivity index (χ4v) is 3.93. The quantitative estimate of drug-likeness (QED) is 0.451. The van der Waals surface area contributed by atoms with E-state index in [1.165, 1.54) is 11.3 Å². The molecule has 0 aliphatic carbocycles. The van der Waals surface area contributed by atoms with Crippen LogP contribution in [-0.2, 0) is 4.79 Å². The minimum atomic E-state index is -1.63. The molecular weight excluding hydrogens is 397 g/mol. The highest BCUT2D eigenvalue weighted by molar-refractivity contribution is 8.02. The summed E-state index contributed by atoms with van der Waals surface area (Å²) in [4.78, 5) is 12.2. The molecule has 0 saturated carbocycles. The van der Waals surface area contributed by atoms with E-state index in [1.807, 2.05) is 30.3 Å². The predicted octanol–water partition coefficient (Wildman–Crippen LogP) is 4.82. The van der Waals surface area contributed by atoms with Gasteiger partial charge < -0.3 is 10.6 Å². The number of halogens is 3. The van der Waals surface area contributed by atoms with Crippen molar-refractivity contribution >= 4 is 45.5 Å². The highest BCUT2D eigenvalue weighted by Crippen LogP contribution is 2.31. The maximum Gasteiger partial charge on any atom is 0.237 e. The Morgan fingerprint density at radius 2 is 1.81 bits per heavy atom. The van der Waals surface area contributed by atoms with Crippen molar-refractivity contribution in [3.63, 3.8) is 0 Å². The van der Waals surface area contributed by atoms with E-state index in [1.54, 1.807) is 6.92 Å². The summed E-state index contributed by atoms with van der Waals surface area (Å²) >= 11 is 2.37. The predicted molar refractivity (Wildman–Crippen MR) is 99.9 cm³/mol. The largest absolute Gasteiger partial charge is 0.330 e. The Balaban J connectivity index is 1.61. The molecule has 1 aromatic heterocycles. The van der Waals surface area contributed by atoms with E-state index in [0.29, 0.717) is 9.47 Å². The van der Waals surface area contributed by atoms with E-state index in [9.17, 15) is 18.0 Å². The van der Waals surface area contributed by atoms with E-state index in [-0.39, 0.29) is 0 Å². The van der Waals surface area contributed by atoms with E-state index in [4.69, 9.17) is 0 Å². The van der Waals surface area contributed by atoms with Gasteiger partial charge in [-0.3, -0.25) is 4.79 Å². The van der Waals surface area contributed by atoms with Crippen molar-refractivity contribution in [2.24, 2.45) is 0 Å². The number of thioether (sulfide) groups is 1. The molecule has 140 valence electrons. The Kier molecular flexibility index (Phi) is 5.97. The van der Waals surface area contributed by atoms with Crippen molar-refractivity contribution in [1.29, 1.82) is 0 Å². The maximum absolute atomic E-state index is 13.7. The zero-order valence-electron chi connectivity index (χ0n) is 13.9. The van der Waals surface area contributed by atoms with Gasteiger partial charge in [-0.25, -0.2) is 13.2 Å². The number of nitrogens with zero attached hydrogens (tertiary/aromatic N) is 2. The van der Waals surface area contributed by atoms with Crippen molar-refractivity contribution in [2.45, 2.75) is 16.5 Å². The molecule has 2 aromatic carbocycles. The highest BCUT2D eigenvalue weighted by Gasteiger charge is 2.20. The van der Waals surface area contributed by atoms with Crippen LogP contribution in [0.15, 0.2) is 46.8 Å². The Bertz CT molecular complexity index is 953. The molecule has 1 amide bonds. The van der Waals surface area contributed by atoms with Crippen LogP contribution in [0.25, 0.3) is 0 Å². The van der Waals surface area contributed by atoms with Crippen LogP contribution in [0, 0.1) is 17.5 Å². The second kappa shape index (κ2) is 8.40. The van der Waals surface area contributed by atoms with Gasteiger partial charge in [0.05, 0.1) is 10.9 Å². The summed E-state index contributed by atoms with van der Waals surface area (Å²) in [6, 6.07) is 11.1. The molecule has 0 spiro atoms. The SMILES string of the molecule is C[C@H](Sc1nnc(Nc2ccccc2)s1)C(=O)Nc1ccc(F)c(F)c1F. The van der Waals surface area contributed by atoms with Gasteiger partial charge in [0.1, 0.15) is 0 Å². The van der Waals surface area contributed by atoms with Crippen LogP contribution in [0.1, 0.15) is 6.92 Å². The first kappa shape index (κ1) is 19.2. The fourth-order valence-electron chi connectivity index (χ4n) is 2.01. The van der Waals surface area contributed by atoms with Crippen molar-refractivity contribution in [3.05, 3.63) is 59.9 Å². The van der Waals surface area contributed by atoms with E-state index in [0.717, 1.165) is 29.6 Å². The summed E-state index contributed by atoms with van der Waals surface area (Å²) in [6.07, 6.45) is 0. The molecule has 10 heteroatoms. The van der Waals surface area contributed by atoms with Crippen LogP contribution in [0.4, 0.5) is 29.7 Å². The molecule has 0 radical (unpaired) electrons. The summed E-state index contributed by atoms with van der Waals surface area (Å²) in [6.45, 7) is 1.59. The standard InChI is InChI=1S/C17H13F3N4OS2/c1-9(15(25)22-12-8-7-11(18)13(19)14(12)20)26-17-24-23-16(27-17)21-10-5-3-2-4-6-10/h2-9H,1H3,(H,21,23)(H,22,25)/t9-/m0/s1. The lowest BCUT2D eigenvalue weighted by molar-refractivity contribution is -0.115. The van der Waals surface area contributed by atoms with Crippen LogP contribution >= 0.6 is 23.1 Å². The van der Waals surface area contributed by atoms with Gasteiger partial charge in [-0.15, -0.1) is 10.2 Å². The number of rotatable bonds is 6. The lowest BCUT2D eigenvalue weighted by Crippen LogP contribution is -2.23. The molecule has 0 saturated heterocycles. The number of hydrogen-bond acceptors (Lipinski definition) is 6. The Morgan fingerprint density at radius 1 is 1.07 bits per heavy atom. The normalized spacial score (nSPS) is 11.9. The zero-order chi connectivity index (χ0) is 19.4. The van der Waals surface area contributed by atoms with Crippen LogP contribution < -0.4 is 10.6 Å². The van der Waals surface area contributed by atoms with Gasteiger partial charge in [0.2, 0.25) is 11.0 Å². The lowest BCUT2D eigenvalue weighted by atomic mass is 10.2. The van der Waals surface area contributed by atoms with Crippen molar-refractivity contribution in [3.8, 4) is 0 Å². The maximum atomic E-state index is 13.7. The van der Waals surface area contributed by atoms with Crippen molar-refractivity contribution in [2.75, 3.05) is 10.6 Å². The second-order valence-electron chi connectivity index (χ2n) is 5.34. The van der Waals surface area contributed by atoms with Gasteiger partial charge in [0.25, 0.3) is 0 Å². The average molecular weight is 410 g/mol. The Hall–Kier alpha value is -2.59. The monoisotopic (exact) mass is 410 g/mol. The van der Waals surface area contributed by atoms with E-state index in [2.05, 4.69) is 20.8 Å². The number of nitrogens with one attached hydrogen (secondary N) is 2. The number of hydrogen-bond donors (Lipinski definition) is 2. The highest BCUT2D eigenvalue weighted by atomic mass is 32.2. The van der Waals surface area contributed by atoms with Gasteiger partial charge in [0, 0.05) is 5.69 Å². The zero-order valence-corrected chi connectivity index (χ0v) is 15.5. The molecule has 0 unspecified atom stereocenters. The lowest BCUT2D eigenvalue weighted by Gasteiger charge is -2.11. The topological polar surface area (TPSA) is 66.9 Å². The number of carbonyl (C=O) groups excluding carboxylic acids is 1.